The largest absolute Gasteiger partial charge is 0.486 e. The van der Waals surface area contributed by atoms with Crippen LogP contribution in [0.2, 0.25) is 0 Å². The number of carbonyl (C=O) groups is 1. The number of aryl methyl sites for hydroxylation is 2. The van der Waals surface area contributed by atoms with Crippen LogP contribution in [0.25, 0.3) is 0 Å². The van der Waals surface area contributed by atoms with Crippen LogP contribution in [0.15, 0.2) is 60.9 Å². The minimum absolute atomic E-state index is 0.0685. The van der Waals surface area contributed by atoms with Gasteiger partial charge in [-0.25, -0.2) is 0 Å². The van der Waals surface area contributed by atoms with Crippen molar-refractivity contribution in [3.63, 3.8) is 0 Å². The highest BCUT2D eigenvalue weighted by molar-refractivity contribution is 5.76. The van der Waals surface area contributed by atoms with Crippen molar-refractivity contribution in [3.8, 4) is 11.5 Å². The number of hydrogen-bond donors (Lipinski definition) is 1. The summed E-state index contributed by atoms with van der Waals surface area (Å²) in [5, 5.41) is 7.38. The van der Waals surface area contributed by atoms with E-state index in [0.717, 1.165) is 35.5 Å². The molecule has 0 saturated heterocycles. The minimum atomic E-state index is -0.129. The number of amides is 1. The maximum absolute atomic E-state index is 12.7. The normalized spacial score (nSPS) is 13.7. The van der Waals surface area contributed by atoms with Gasteiger partial charge >= 0.3 is 0 Å². The first-order valence-electron chi connectivity index (χ1n) is 9.89. The lowest BCUT2D eigenvalue weighted by molar-refractivity contribution is -0.122. The molecule has 0 fully saturated rings. The summed E-state index contributed by atoms with van der Waals surface area (Å²) in [6, 6.07) is 16.1. The number of nitrogens with zero attached hydrogens (tertiary/aromatic N) is 2. The van der Waals surface area contributed by atoms with Gasteiger partial charge < -0.3 is 14.8 Å². The van der Waals surface area contributed by atoms with E-state index in [1.54, 1.807) is 10.9 Å². The zero-order valence-electron chi connectivity index (χ0n) is 16.5. The third kappa shape index (κ3) is 4.96. The standard InChI is InChI=1S/C23H25N3O3/c1-17-14-24-26(15-17)16-23(27)25-20(9-7-18-5-3-2-4-6-18)19-8-10-21-22(13-19)29-12-11-28-21/h2-6,8,10,13-15,20H,7,9,11-12,16H2,1H3,(H,25,27)/t20-/m1/s1. The summed E-state index contributed by atoms with van der Waals surface area (Å²) in [5.74, 6) is 1.41. The van der Waals surface area contributed by atoms with Crippen molar-refractivity contribution in [2.24, 2.45) is 0 Å². The number of ether oxygens (including phenoxy) is 2. The van der Waals surface area contributed by atoms with Crippen molar-refractivity contribution in [1.82, 2.24) is 15.1 Å². The Bertz CT molecular complexity index is 969. The number of aromatic nitrogens is 2. The quantitative estimate of drug-likeness (QED) is 0.670. The SMILES string of the molecule is Cc1cnn(CC(=O)N[C@H](CCc2ccccc2)c2ccc3c(c2)OCCO3)c1. The average molecular weight is 391 g/mol. The second-order valence-corrected chi connectivity index (χ2v) is 7.26. The summed E-state index contributed by atoms with van der Waals surface area (Å²) < 4.78 is 13.0. The highest BCUT2D eigenvalue weighted by Crippen LogP contribution is 2.33. The van der Waals surface area contributed by atoms with Crippen LogP contribution in [0, 0.1) is 6.92 Å². The molecule has 0 bridgehead atoms. The molecular weight excluding hydrogens is 366 g/mol. The lowest BCUT2D eigenvalue weighted by atomic mass is 9.98. The van der Waals surface area contributed by atoms with Crippen molar-refractivity contribution in [3.05, 3.63) is 77.6 Å². The summed E-state index contributed by atoms with van der Waals surface area (Å²) >= 11 is 0. The molecule has 29 heavy (non-hydrogen) atoms. The van der Waals surface area contributed by atoms with Crippen molar-refractivity contribution in [2.45, 2.75) is 32.4 Å². The number of nitrogens with one attached hydrogen (secondary N) is 1. The van der Waals surface area contributed by atoms with Crippen LogP contribution in [0.5, 0.6) is 11.5 Å². The Morgan fingerprint density at radius 2 is 1.93 bits per heavy atom. The van der Waals surface area contributed by atoms with Crippen LogP contribution in [0.1, 0.15) is 29.2 Å². The molecule has 2 heterocycles. The highest BCUT2D eigenvalue weighted by Gasteiger charge is 2.19. The maximum Gasteiger partial charge on any atom is 0.242 e. The average Bonchev–Trinajstić information content (AvgIpc) is 3.16. The molecule has 6 heteroatoms. The van der Waals surface area contributed by atoms with E-state index >= 15 is 0 Å². The van der Waals surface area contributed by atoms with Crippen LogP contribution >= 0.6 is 0 Å². The fourth-order valence-electron chi connectivity index (χ4n) is 3.50. The Morgan fingerprint density at radius 1 is 1.14 bits per heavy atom. The number of carbonyl (C=O) groups excluding carboxylic acids is 1. The van der Waals surface area contributed by atoms with Crippen LogP contribution in [-0.2, 0) is 17.8 Å². The second kappa shape index (κ2) is 8.82. The molecule has 4 rings (SSSR count). The van der Waals surface area contributed by atoms with E-state index in [9.17, 15) is 4.79 Å². The Morgan fingerprint density at radius 3 is 2.69 bits per heavy atom. The second-order valence-electron chi connectivity index (χ2n) is 7.26. The van der Waals surface area contributed by atoms with E-state index in [0.29, 0.717) is 13.2 Å². The molecule has 6 nitrogen and oxygen atoms in total. The smallest absolute Gasteiger partial charge is 0.242 e. The van der Waals surface area contributed by atoms with Gasteiger partial charge in [-0.05, 0) is 48.6 Å². The van der Waals surface area contributed by atoms with Crippen LogP contribution in [0.4, 0.5) is 0 Å². The van der Waals surface area contributed by atoms with Gasteiger partial charge in [0, 0.05) is 6.20 Å². The number of fused-ring (bicyclic) bond motifs is 1. The first-order valence-corrected chi connectivity index (χ1v) is 9.89. The molecule has 0 saturated carbocycles. The molecule has 0 unspecified atom stereocenters. The van der Waals surface area contributed by atoms with E-state index in [-0.39, 0.29) is 18.5 Å². The van der Waals surface area contributed by atoms with Gasteiger partial charge in [0.15, 0.2) is 11.5 Å². The Balaban J connectivity index is 1.50. The van der Waals surface area contributed by atoms with E-state index in [4.69, 9.17) is 9.47 Å². The van der Waals surface area contributed by atoms with E-state index in [2.05, 4.69) is 22.5 Å². The molecule has 1 aliphatic heterocycles. The predicted molar refractivity (Wildman–Crippen MR) is 110 cm³/mol. The summed E-state index contributed by atoms with van der Waals surface area (Å²) in [6.07, 6.45) is 5.26. The van der Waals surface area contributed by atoms with Crippen molar-refractivity contribution in [2.75, 3.05) is 13.2 Å². The van der Waals surface area contributed by atoms with Crippen molar-refractivity contribution < 1.29 is 14.3 Å². The third-order valence-corrected chi connectivity index (χ3v) is 4.94. The molecule has 2 aromatic carbocycles. The highest BCUT2D eigenvalue weighted by atomic mass is 16.6. The van der Waals surface area contributed by atoms with Crippen molar-refractivity contribution in [1.29, 1.82) is 0 Å². The summed E-state index contributed by atoms with van der Waals surface area (Å²) in [7, 11) is 0. The van der Waals surface area contributed by atoms with Gasteiger partial charge in [-0.1, -0.05) is 36.4 Å². The first-order chi connectivity index (χ1) is 14.2. The fraction of sp³-hybridized carbons (Fsp3) is 0.304. The van der Waals surface area contributed by atoms with E-state index < -0.39 is 0 Å². The Hall–Kier alpha value is -3.28. The van der Waals surface area contributed by atoms with E-state index in [1.807, 2.05) is 49.5 Å². The summed E-state index contributed by atoms with van der Waals surface area (Å²) in [6.45, 7) is 3.25. The van der Waals surface area contributed by atoms with Crippen molar-refractivity contribution >= 4 is 5.91 Å². The lowest BCUT2D eigenvalue weighted by Crippen LogP contribution is -2.32. The van der Waals surface area contributed by atoms with Crippen LogP contribution < -0.4 is 14.8 Å². The van der Waals surface area contributed by atoms with Gasteiger partial charge in [0.05, 0.1) is 12.2 Å². The molecule has 0 aliphatic carbocycles. The summed E-state index contributed by atoms with van der Waals surface area (Å²) in [4.78, 5) is 12.7. The zero-order chi connectivity index (χ0) is 20.1. The number of rotatable bonds is 7. The van der Waals surface area contributed by atoms with Crippen LogP contribution in [0.3, 0.4) is 0 Å². The first kappa shape index (κ1) is 19.1. The molecule has 150 valence electrons. The van der Waals surface area contributed by atoms with Gasteiger partial charge in [-0.2, -0.15) is 5.10 Å². The number of benzene rings is 2. The van der Waals surface area contributed by atoms with Gasteiger partial charge in [0.2, 0.25) is 5.91 Å². The topological polar surface area (TPSA) is 65.4 Å². The molecule has 1 aromatic heterocycles. The van der Waals surface area contributed by atoms with Gasteiger partial charge in [0.1, 0.15) is 19.8 Å². The molecule has 1 aliphatic rings. The fourth-order valence-corrected chi connectivity index (χ4v) is 3.50. The molecule has 0 radical (unpaired) electrons. The summed E-state index contributed by atoms with van der Waals surface area (Å²) in [5.41, 5.74) is 3.28. The molecule has 1 N–H and O–H groups in total. The Kier molecular flexibility index (Phi) is 5.79. The Labute approximate surface area is 170 Å². The lowest BCUT2D eigenvalue weighted by Gasteiger charge is -2.23. The van der Waals surface area contributed by atoms with E-state index in [1.165, 1.54) is 5.56 Å². The van der Waals surface area contributed by atoms with Crippen LogP contribution in [-0.4, -0.2) is 28.9 Å². The molecule has 1 atom stereocenters. The predicted octanol–water partition coefficient (Wildman–Crippen LogP) is 3.45. The molecule has 1 amide bonds. The monoisotopic (exact) mass is 391 g/mol. The third-order valence-electron chi connectivity index (χ3n) is 4.94. The molecular formula is C23H25N3O3. The zero-order valence-corrected chi connectivity index (χ0v) is 16.5. The van der Waals surface area contributed by atoms with Gasteiger partial charge in [-0.3, -0.25) is 9.48 Å². The molecule has 0 spiro atoms. The van der Waals surface area contributed by atoms with Gasteiger partial charge in [0.25, 0.3) is 0 Å². The number of hydrogen-bond acceptors (Lipinski definition) is 4. The molecule has 3 aromatic rings. The maximum atomic E-state index is 12.7. The van der Waals surface area contributed by atoms with Gasteiger partial charge in [-0.15, -0.1) is 0 Å². The minimum Gasteiger partial charge on any atom is -0.486 e.